The van der Waals surface area contributed by atoms with Gasteiger partial charge in [-0.15, -0.1) is 0 Å². The highest BCUT2D eigenvalue weighted by Gasteiger charge is 2.15. The lowest BCUT2D eigenvalue weighted by molar-refractivity contribution is 0.470. The van der Waals surface area contributed by atoms with Crippen LogP contribution in [0, 0.1) is 21.0 Å². The van der Waals surface area contributed by atoms with Crippen molar-refractivity contribution in [3.8, 4) is 23.0 Å². The Balaban J connectivity index is 1.75. The van der Waals surface area contributed by atoms with Crippen molar-refractivity contribution in [2.45, 2.75) is 13.8 Å². The molecule has 0 unspecified atom stereocenters. The van der Waals surface area contributed by atoms with Crippen LogP contribution in [0.1, 0.15) is 16.7 Å². The number of halogens is 2. The summed E-state index contributed by atoms with van der Waals surface area (Å²) in [6.07, 6.45) is 1.61. The zero-order valence-corrected chi connectivity index (χ0v) is 19.9. The van der Waals surface area contributed by atoms with Crippen LogP contribution < -0.4 is 0 Å². The number of benzene rings is 3. The van der Waals surface area contributed by atoms with Crippen LogP contribution in [0.2, 0.25) is 0 Å². The number of aromatic hydroxyl groups is 2. The lowest BCUT2D eigenvalue weighted by atomic mass is 10.1. The monoisotopic (exact) mass is 610 g/mol. The molecular weight excluding hydrogens is 594 g/mol. The largest absolute Gasteiger partial charge is 0.507 e. The summed E-state index contributed by atoms with van der Waals surface area (Å²) < 4.78 is 7.70. The molecule has 1 heterocycles. The fraction of sp³-hybridized carbons (Fsp3) is 0.0909. The molecular formula is C22H16I2N2O3. The molecule has 4 rings (SSSR count). The molecule has 0 fully saturated rings. The molecule has 5 nitrogen and oxygen atoms in total. The van der Waals surface area contributed by atoms with Gasteiger partial charge >= 0.3 is 0 Å². The average Bonchev–Trinajstić information content (AvgIpc) is 3.08. The first kappa shape index (κ1) is 20.1. The Morgan fingerprint density at radius 3 is 2.62 bits per heavy atom. The number of fused-ring (bicyclic) bond motifs is 1. The quantitative estimate of drug-likeness (QED) is 0.206. The summed E-state index contributed by atoms with van der Waals surface area (Å²) in [4.78, 5) is 9.00. The molecule has 7 heteroatoms. The predicted octanol–water partition coefficient (Wildman–Crippen LogP) is 6.48. The van der Waals surface area contributed by atoms with Crippen molar-refractivity contribution in [1.29, 1.82) is 0 Å². The first-order valence-corrected chi connectivity index (χ1v) is 10.9. The van der Waals surface area contributed by atoms with E-state index in [9.17, 15) is 10.2 Å². The van der Waals surface area contributed by atoms with Crippen molar-refractivity contribution in [1.82, 2.24) is 4.98 Å². The van der Waals surface area contributed by atoms with E-state index in [1.165, 1.54) is 0 Å². The molecule has 0 radical (unpaired) electrons. The van der Waals surface area contributed by atoms with Gasteiger partial charge in [-0.25, -0.2) is 4.98 Å². The lowest BCUT2D eigenvalue weighted by Crippen LogP contribution is -1.88. The first-order valence-electron chi connectivity index (χ1n) is 8.75. The number of phenolic OH excluding ortho intramolecular Hbond substituents is 2. The average molecular weight is 610 g/mol. The molecule has 1 aromatic heterocycles. The molecule has 0 saturated carbocycles. The van der Waals surface area contributed by atoms with E-state index in [1.807, 2.05) is 38.1 Å². The van der Waals surface area contributed by atoms with Crippen LogP contribution in [0.4, 0.5) is 5.69 Å². The maximum absolute atomic E-state index is 10.3. The third kappa shape index (κ3) is 4.11. The summed E-state index contributed by atoms with van der Waals surface area (Å²) in [5.74, 6) is 0.602. The van der Waals surface area contributed by atoms with E-state index in [0.29, 0.717) is 28.3 Å². The van der Waals surface area contributed by atoms with Gasteiger partial charge in [-0.1, -0.05) is 6.07 Å². The molecule has 29 heavy (non-hydrogen) atoms. The van der Waals surface area contributed by atoms with Crippen LogP contribution in [-0.2, 0) is 0 Å². The number of hydrogen-bond donors (Lipinski definition) is 2. The SMILES string of the molecule is Cc1cc(C)c2oc(-c3cc(N=Cc4cc(I)cc(I)c4O)ccc3O)nc2c1. The van der Waals surface area contributed by atoms with E-state index in [2.05, 4.69) is 55.2 Å². The van der Waals surface area contributed by atoms with Gasteiger partial charge in [0.25, 0.3) is 0 Å². The second-order valence-electron chi connectivity index (χ2n) is 6.73. The van der Waals surface area contributed by atoms with E-state index in [-0.39, 0.29) is 11.5 Å². The van der Waals surface area contributed by atoms with Gasteiger partial charge in [-0.05, 0) is 107 Å². The molecule has 0 spiro atoms. The molecule has 0 aliphatic carbocycles. The summed E-state index contributed by atoms with van der Waals surface area (Å²) in [7, 11) is 0. The van der Waals surface area contributed by atoms with Gasteiger partial charge < -0.3 is 14.6 Å². The minimum absolute atomic E-state index is 0.0662. The smallest absolute Gasteiger partial charge is 0.231 e. The molecule has 4 aromatic rings. The fourth-order valence-electron chi connectivity index (χ4n) is 3.10. The van der Waals surface area contributed by atoms with Crippen LogP contribution in [0.3, 0.4) is 0 Å². The number of aryl methyl sites for hydroxylation is 2. The molecule has 0 amide bonds. The number of rotatable bonds is 3. The molecule has 0 saturated heterocycles. The maximum atomic E-state index is 10.3. The summed E-state index contributed by atoms with van der Waals surface area (Å²) in [5, 5.41) is 20.6. The maximum Gasteiger partial charge on any atom is 0.231 e. The molecule has 3 aromatic carbocycles. The number of nitrogens with zero attached hydrogens (tertiary/aromatic N) is 2. The number of phenols is 2. The van der Waals surface area contributed by atoms with E-state index in [4.69, 9.17) is 4.42 Å². The number of aliphatic imine (C=N–C) groups is 1. The molecule has 0 aliphatic rings. The standard InChI is InChI=1S/C22H16I2N2O3/c1-11-5-12(2)21-18(6-11)26-22(29-21)16-9-15(3-4-19(16)27)25-10-13-7-14(23)8-17(24)20(13)28/h3-10,27-28H,1-2H3. The second kappa shape index (κ2) is 7.94. The van der Waals surface area contributed by atoms with Crippen LogP contribution in [0.15, 0.2) is 51.9 Å². The minimum Gasteiger partial charge on any atom is -0.507 e. The molecule has 0 atom stereocenters. The zero-order chi connectivity index (χ0) is 20.7. The van der Waals surface area contributed by atoms with E-state index in [1.54, 1.807) is 24.4 Å². The fourth-order valence-corrected chi connectivity index (χ4v) is 4.99. The molecule has 0 bridgehead atoms. The second-order valence-corrected chi connectivity index (χ2v) is 9.14. The molecule has 2 N–H and O–H groups in total. The molecule has 146 valence electrons. The number of hydrogen-bond acceptors (Lipinski definition) is 5. The minimum atomic E-state index is 0.0662. The van der Waals surface area contributed by atoms with Crippen LogP contribution in [0.25, 0.3) is 22.6 Å². The van der Waals surface area contributed by atoms with E-state index < -0.39 is 0 Å². The lowest BCUT2D eigenvalue weighted by Gasteiger charge is -2.04. The highest BCUT2D eigenvalue weighted by molar-refractivity contribution is 14.1. The van der Waals surface area contributed by atoms with Gasteiger partial charge in [-0.3, -0.25) is 4.99 Å². The number of aromatic nitrogens is 1. The van der Waals surface area contributed by atoms with Gasteiger partial charge in [-0.2, -0.15) is 0 Å². The Labute approximate surface area is 194 Å². The van der Waals surface area contributed by atoms with E-state index >= 15 is 0 Å². The summed E-state index contributed by atoms with van der Waals surface area (Å²) in [6.45, 7) is 3.98. The van der Waals surface area contributed by atoms with Crippen LogP contribution in [0.5, 0.6) is 11.5 Å². The summed E-state index contributed by atoms with van der Waals surface area (Å²) in [5.41, 5.74) is 5.27. The molecule has 0 aliphatic heterocycles. The first-order chi connectivity index (χ1) is 13.8. The Morgan fingerprint density at radius 1 is 1.03 bits per heavy atom. The zero-order valence-electron chi connectivity index (χ0n) is 15.6. The third-order valence-corrected chi connectivity index (χ3v) is 5.89. The van der Waals surface area contributed by atoms with Crippen LogP contribution in [-0.4, -0.2) is 21.4 Å². The Hall–Kier alpha value is -2.14. The van der Waals surface area contributed by atoms with Crippen LogP contribution >= 0.6 is 45.2 Å². The summed E-state index contributed by atoms with van der Waals surface area (Å²) >= 11 is 4.29. The van der Waals surface area contributed by atoms with Gasteiger partial charge in [0.2, 0.25) is 5.89 Å². The Morgan fingerprint density at radius 2 is 1.83 bits per heavy atom. The van der Waals surface area contributed by atoms with Crippen molar-refractivity contribution < 1.29 is 14.6 Å². The topological polar surface area (TPSA) is 78.9 Å². The van der Waals surface area contributed by atoms with Crippen molar-refractivity contribution in [2.75, 3.05) is 0 Å². The summed E-state index contributed by atoms with van der Waals surface area (Å²) in [6, 6.07) is 12.7. The van der Waals surface area contributed by atoms with Gasteiger partial charge in [0.15, 0.2) is 5.58 Å². The van der Waals surface area contributed by atoms with Crippen molar-refractivity contribution >= 4 is 68.2 Å². The van der Waals surface area contributed by atoms with Crippen molar-refractivity contribution in [3.05, 3.63) is 66.3 Å². The van der Waals surface area contributed by atoms with Gasteiger partial charge in [0.05, 0.1) is 14.8 Å². The number of oxazole rings is 1. The Kier molecular flexibility index (Phi) is 5.52. The highest BCUT2D eigenvalue weighted by atomic mass is 127. The highest BCUT2D eigenvalue weighted by Crippen LogP contribution is 2.35. The van der Waals surface area contributed by atoms with E-state index in [0.717, 1.165) is 23.8 Å². The normalized spacial score (nSPS) is 11.6. The van der Waals surface area contributed by atoms with Crippen molar-refractivity contribution in [2.24, 2.45) is 4.99 Å². The van der Waals surface area contributed by atoms with Gasteiger partial charge in [0, 0.05) is 15.3 Å². The third-order valence-electron chi connectivity index (χ3n) is 4.44. The Bertz CT molecular complexity index is 1280. The predicted molar refractivity (Wildman–Crippen MR) is 131 cm³/mol. The van der Waals surface area contributed by atoms with Gasteiger partial charge in [0.1, 0.15) is 17.0 Å². The van der Waals surface area contributed by atoms with Crippen molar-refractivity contribution in [3.63, 3.8) is 0 Å².